The first-order valence-corrected chi connectivity index (χ1v) is 8.32. The normalized spacial score (nSPS) is 17.6. The number of hydrogen-bond acceptors (Lipinski definition) is 3. The van der Waals surface area contributed by atoms with Gasteiger partial charge in [-0.2, -0.15) is 15.4 Å². The summed E-state index contributed by atoms with van der Waals surface area (Å²) in [6.45, 7) is 5.04. The molecule has 1 fully saturated rings. The Morgan fingerprint density at radius 3 is 2.75 bits per heavy atom. The van der Waals surface area contributed by atoms with E-state index in [2.05, 4.69) is 47.5 Å². The lowest BCUT2D eigenvalue weighted by molar-refractivity contribution is 0.0736. The molecule has 1 amide bonds. The first-order chi connectivity index (χ1) is 11.6. The summed E-state index contributed by atoms with van der Waals surface area (Å²) in [5.41, 5.74) is 5.96. The van der Waals surface area contributed by atoms with Crippen molar-refractivity contribution in [2.45, 2.75) is 32.7 Å². The van der Waals surface area contributed by atoms with Crippen molar-refractivity contribution in [3.63, 3.8) is 0 Å². The van der Waals surface area contributed by atoms with Gasteiger partial charge in [-0.1, -0.05) is 18.2 Å². The number of hydrogen-bond donors (Lipinski definition) is 1. The van der Waals surface area contributed by atoms with Crippen molar-refractivity contribution in [3.05, 3.63) is 58.7 Å². The highest BCUT2D eigenvalue weighted by atomic mass is 16.2. The van der Waals surface area contributed by atoms with Crippen LogP contribution >= 0.6 is 0 Å². The molecule has 1 atom stereocenters. The summed E-state index contributed by atoms with van der Waals surface area (Å²) in [5, 5.41) is 10.7. The number of nitrogens with zero attached hydrogens (tertiary/aromatic N) is 3. The number of carbonyl (C=O) groups is 1. The van der Waals surface area contributed by atoms with Crippen LogP contribution in [0.3, 0.4) is 0 Å². The standard InChI is InChI=1S/C19H20N4O/c1-12-5-6-14(10-13(12)2)18-4-3-9-23(18)19(24)15-7-8-16-17(11-15)21-22-20-16/h5-8,10-11,18H,3-4,9H2,1-2H3,(H,20,21,22)/t18-/m0/s1. The number of aromatic amines is 1. The summed E-state index contributed by atoms with van der Waals surface area (Å²) >= 11 is 0. The number of H-pyrrole nitrogens is 1. The molecule has 24 heavy (non-hydrogen) atoms. The number of nitrogens with one attached hydrogen (secondary N) is 1. The van der Waals surface area contributed by atoms with E-state index in [-0.39, 0.29) is 11.9 Å². The predicted molar refractivity (Wildman–Crippen MR) is 92.8 cm³/mol. The Hall–Kier alpha value is -2.69. The Morgan fingerprint density at radius 1 is 1.08 bits per heavy atom. The smallest absolute Gasteiger partial charge is 0.254 e. The van der Waals surface area contributed by atoms with Gasteiger partial charge in [0.1, 0.15) is 11.0 Å². The fraction of sp³-hybridized carbons (Fsp3) is 0.316. The molecule has 122 valence electrons. The largest absolute Gasteiger partial charge is 0.332 e. The number of likely N-dealkylation sites (tertiary alicyclic amines) is 1. The number of rotatable bonds is 2. The van der Waals surface area contributed by atoms with Crippen molar-refractivity contribution < 1.29 is 4.79 Å². The molecule has 2 aromatic carbocycles. The first kappa shape index (κ1) is 14.9. The number of carbonyl (C=O) groups excluding carboxylic acids is 1. The minimum atomic E-state index is 0.0700. The topological polar surface area (TPSA) is 61.9 Å². The van der Waals surface area contributed by atoms with E-state index < -0.39 is 0 Å². The van der Waals surface area contributed by atoms with Crippen LogP contribution in [0.2, 0.25) is 0 Å². The molecule has 0 spiro atoms. The van der Waals surface area contributed by atoms with E-state index in [4.69, 9.17) is 0 Å². The highest BCUT2D eigenvalue weighted by molar-refractivity contribution is 5.97. The van der Waals surface area contributed by atoms with Crippen LogP contribution in [0.25, 0.3) is 11.0 Å². The summed E-state index contributed by atoms with van der Waals surface area (Å²) in [4.78, 5) is 15.0. The minimum absolute atomic E-state index is 0.0700. The summed E-state index contributed by atoms with van der Waals surface area (Å²) < 4.78 is 0. The number of amides is 1. The third-order valence-electron chi connectivity index (χ3n) is 4.99. The highest BCUT2D eigenvalue weighted by Gasteiger charge is 2.30. The lowest BCUT2D eigenvalue weighted by Crippen LogP contribution is -2.30. The van der Waals surface area contributed by atoms with E-state index in [9.17, 15) is 4.79 Å². The Morgan fingerprint density at radius 2 is 1.92 bits per heavy atom. The SMILES string of the molecule is Cc1ccc([C@@H]2CCCN2C(=O)c2ccc3n[nH]nc3c2)cc1C. The lowest BCUT2D eigenvalue weighted by atomic mass is 9.99. The van der Waals surface area contributed by atoms with Gasteiger partial charge < -0.3 is 4.90 Å². The van der Waals surface area contributed by atoms with Crippen LogP contribution in [0.5, 0.6) is 0 Å². The van der Waals surface area contributed by atoms with E-state index in [0.29, 0.717) is 5.56 Å². The molecule has 0 saturated carbocycles. The third-order valence-corrected chi connectivity index (χ3v) is 4.99. The van der Waals surface area contributed by atoms with Gasteiger partial charge >= 0.3 is 0 Å². The van der Waals surface area contributed by atoms with Crippen molar-refractivity contribution in [3.8, 4) is 0 Å². The molecule has 0 radical (unpaired) electrons. The van der Waals surface area contributed by atoms with E-state index in [0.717, 1.165) is 30.4 Å². The van der Waals surface area contributed by atoms with Gasteiger partial charge in [-0.15, -0.1) is 0 Å². The molecule has 0 aliphatic carbocycles. The van der Waals surface area contributed by atoms with Gasteiger partial charge in [0.25, 0.3) is 5.91 Å². The van der Waals surface area contributed by atoms with Crippen LogP contribution in [-0.2, 0) is 0 Å². The van der Waals surface area contributed by atoms with E-state index in [1.54, 1.807) is 0 Å². The number of aryl methyl sites for hydroxylation is 2. The molecule has 0 bridgehead atoms. The average Bonchev–Trinajstić information content (AvgIpc) is 3.24. The maximum absolute atomic E-state index is 13.0. The number of aromatic nitrogens is 3. The van der Waals surface area contributed by atoms with E-state index in [1.165, 1.54) is 16.7 Å². The van der Waals surface area contributed by atoms with Gasteiger partial charge in [0.2, 0.25) is 0 Å². The zero-order valence-corrected chi connectivity index (χ0v) is 13.9. The molecule has 1 aromatic heterocycles. The zero-order valence-electron chi connectivity index (χ0n) is 13.9. The Balaban J connectivity index is 1.66. The Labute approximate surface area is 140 Å². The Bertz CT molecular complexity index is 915. The molecule has 1 saturated heterocycles. The van der Waals surface area contributed by atoms with Crippen LogP contribution < -0.4 is 0 Å². The second-order valence-electron chi connectivity index (χ2n) is 6.53. The van der Waals surface area contributed by atoms with Crippen molar-refractivity contribution in [2.24, 2.45) is 0 Å². The van der Waals surface area contributed by atoms with Gasteiger partial charge in [-0.25, -0.2) is 0 Å². The van der Waals surface area contributed by atoms with E-state index >= 15 is 0 Å². The van der Waals surface area contributed by atoms with Crippen LogP contribution in [0, 0.1) is 13.8 Å². The minimum Gasteiger partial charge on any atom is -0.332 e. The third kappa shape index (κ3) is 2.46. The molecule has 1 aliphatic heterocycles. The van der Waals surface area contributed by atoms with Crippen LogP contribution in [-0.4, -0.2) is 32.8 Å². The molecule has 4 rings (SSSR count). The van der Waals surface area contributed by atoms with Crippen molar-refractivity contribution in [1.29, 1.82) is 0 Å². The molecule has 3 aromatic rings. The van der Waals surface area contributed by atoms with Gasteiger partial charge in [-0.05, 0) is 61.6 Å². The molecule has 5 nitrogen and oxygen atoms in total. The van der Waals surface area contributed by atoms with Gasteiger partial charge in [0.05, 0.1) is 6.04 Å². The number of benzene rings is 2. The summed E-state index contributed by atoms with van der Waals surface area (Å²) in [5.74, 6) is 0.0700. The van der Waals surface area contributed by atoms with Crippen molar-refractivity contribution in [1.82, 2.24) is 20.3 Å². The monoisotopic (exact) mass is 320 g/mol. The molecule has 1 N–H and O–H groups in total. The molecule has 0 unspecified atom stereocenters. The van der Waals surface area contributed by atoms with Crippen LogP contribution in [0.15, 0.2) is 36.4 Å². The van der Waals surface area contributed by atoms with Gasteiger partial charge in [0.15, 0.2) is 0 Å². The average molecular weight is 320 g/mol. The fourth-order valence-electron chi connectivity index (χ4n) is 3.47. The fourth-order valence-corrected chi connectivity index (χ4v) is 3.47. The van der Waals surface area contributed by atoms with Crippen LogP contribution in [0.4, 0.5) is 0 Å². The van der Waals surface area contributed by atoms with Crippen LogP contribution in [0.1, 0.15) is 45.9 Å². The Kier molecular flexibility index (Phi) is 3.56. The lowest BCUT2D eigenvalue weighted by Gasteiger charge is -2.25. The maximum Gasteiger partial charge on any atom is 0.254 e. The summed E-state index contributed by atoms with van der Waals surface area (Å²) in [6, 6.07) is 12.2. The molecule has 2 heterocycles. The second-order valence-corrected chi connectivity index (χ2v) is 6.53. The zero-order chi connectivity index (χ0) is 16.7. The molecular weight excluding hydrogens is 300 g/mol. The van der Waals surface area contributed by atoms with Crippen molar-refractivity contribution in [2.75, 3.05) is 6.54 Å². The predicted octanol–water partition coefficient (Wildman–Crippen LogP) is 3.55. The van der Waals surface area contributed by atoms with Crippen molar-refractivity contribution >= 4 is 16.9 Å². The molecule has 5 heteroatoms. The summed E-state index contributed by atoms with van der Waals surface area (Å²) in [6.07, 6.45) is 2.05. The number of fused-ring (bicyclic) bond motifs is 1. The first-order valence-electron chi connectivity index (χ1n) is 8.32. The van der Waals surface area contributed by atoms with E-state index in [1.807, 2.05) is 23.1 Å². The van der Waals surface area contributed by atoms with Gasteiger partial charge in [0, 0.05) is 12.1 Å². The summed E-state index contributed by atoms with van der Waals surface area (Å²) in [7, 11) is 0. The quantitative estimate of drug-likeness (QED) is 0.785. The van der Waals surface area contributed by atoms with Gasteiger partial charge in [-0.3, -0.25) is 4.79 Å². The molecular formula is C19H20N4O. The highest BCUT2D eigenvalue weighted by Crippen LogP contribution is 2.34. The second kappa shape index (κ2) is 5.74. The molecule has 1 aliphatic rings. The maximum atomic E-state index is 13.0.